The number of nitrogens with zero attached hydrogens (tertiary/aromatic N) is 3. The summed E-state index contributed by atoms with van der Waals surface area (Å²) in [7, 11) is 0.0779. The lowest BCUT2D eigenvalue weighted by atomic mass is 10.0. The number of halogens is 6. The number of carbonyl (C=O) groups excluding carboxylic acids is 2. The van der Waals surface area contributed by atoms with Crippen LogP contribution in [0.15, 0.2) is 18.2 Å². The van der Waals surface area contributed by atoms with Crippen molar-refractivity contribution in [2.75, 3.05) is 38.0 Å². The average Bonchev–Trinajstić information content (AvgIpc) is 3.38. The van der Waals surface area contributed by atoms with Crippen molar-refractivity contribution in [2.45, 2.75) is 90.0 Å². The summed E-state index contributed by atoms with van der Waals surface area (Å²) in [5.41, 5.74) is -4.66. The molecule has 17 heteroatoms. The minimum Gasteiger partial charge on any atom is -0.444 e. The third kappa shape index (κ3) is 9.33. The number of aromatic nitrogens is 2. The highest BCUT2D eigenvalue weighted by atomic mass is 32.2. The van der Waals surface area contributed by atoms with E-state index in [1.807, 2.05) is 17.8 Å². The number of fused-ring (bicyclic) bond motifs is 1. The molecule has 0 spiro atoms. The fraction of sp³-hybridized carbons (Fsp3) is 0.690. The molecule has 0 radical (unpaired) electrons. The maximum Gasteiger partial charge on any atom is 0.416 e. The number of ether oxygens (including phenoxy) is 3. The van der Waals surface area contributed by atoms with Crippen molar-refractivity contribution in [3.05, 3.63) is 29.6 Å². The number of rotatable bonds is 12. The van der Waals surface area contributed by atoms with Crippen LogP contribution >= 0.6 is 0 Å². The molecule has 1 aromatic carbocycles. The van der Waals surface area contributed by atoms with Gasteiger partial charge in [-0.2, -0.15) is 26.3 Å². The van der Waals surface area contributed by atoms with Crippen LogP contribution < -0.4 is 10.6 Å². The number of nitrogens with one attached hydrogen (secondary N) is 2. The Labute approximate surface area is 266 Å². The zero-order valence-electron chi connectivity index (χ0n) is 27.1. The first-order chi connectivity index (χ1) is 20.9. The van der Waals surface area contributed by atoms with E-state index < -0.39 is 60.4 Å². The molecule has 10 nitrogen and oxygen atoms in total. The number of alkyl carbamates (subject to hydrolysis) is 1. The Morgan fingerprint density at radius 3 is 2.33 bits per heavy atom. The van der Waals surface area contributed by atoms with Crippen molar-refractivity contribution >= 4 is 34.1 Å². The van der Waals surface area contributed by atoms with Crippen molar-refractivity contribution in [2.24, 2.45) is 0 Å². The van der Waals surface area contributed by atoms with Crippen LogP contribution in [-0.2, 0) is 38.4 Å². The summed E-state index contributed by atoms with van der Waals surface area (Å²) >= 11 is 0. The number of urea groups is 1. The fourth-order valence-corrected chi connectivity index (χ4v) is 4.85. The number of alkyl halides is 6. The molecule has 3 rings (SSSR count). The van der Waals surface area contributed by atoms with Crippen LogP contribution in [0.25, 0.3) is 11.0 Å². The third-order valence-electron chi connectivity index (χ3n) is 7.17. The number of benzene rings is 1. The van der Waals surface area contributed by atoms with Gasteiger partial charge in [-0.05, 0) is 70.1 Å². The zero-order chi connectivity index (χ0) is 34.9. The van der Waals surface area contributed by atoms with Crippen molar-refractivity contribution in [3.63, 3.8) is 0 Å². The van der Waals surface area contributed by atoms with E-state index in [0.29, 0.717) is 23.2 Å². The van der Waals surface area contributed by atoms with Gasteiger partial charge in [-0.15, -0.1) is 0 Å². The number of hydrogen-bond donors (Lipinski definition) is 2. The largest absolute Gasteiger partial charge is 0.444 e. The first kappa shape index (κ1) is 37.5. The first-order valence-corrected chi connectivity index (χ1v) is 16.6. The van der Waals surface area contributed by atoms with Crippen LogP contribution in [0.4, 0.5) is 35.9 Å². The summed E-state index contributed by atoms with van der Waals surface area (Å²) < 4.78 is 99.7. The second-order valence-electron chi connectivity index (χ2n) is 13.1. The van der Waals surface area contributed by atoms with Crippen LogP contribution in [0.3, 0.4) is 0 Å². The number of hydrogen-bond acceptors (Lipinski definition) is 6. The highest BCUT2D eigenvalue weighted by Gasteiger charge is 2.57. The van der Waals surface area contributed by atoms with Gasteiger partial charge in [0, 0.05) is 6.54 Å². The van der Waals surface area contributed by atoms with E-state index in [1.165, 1.54) is 0 Å². The lowest BCUT2D eigenvalue weighted by molar-refractivity contribution is -0.265. The molecule has 1 aliphatic heterocycles. The van der Waals surface area contributed by atoms with Gasteiger partial charge >= 0.3 is 24.5 Å². The van der Waals surface area contributed by atoms with Gasteiger partial charge in [0.1, 0.15) is 30.0 Å². The Bertz CT molecular complexity index is 1390. The molecule has 1 aliphatic rings. The van der Waals surface area contributed by atoms with Crippen LogP contribution in [-0.4, -0.2) is 93.7 Å². The van der Waals surface area contributed by atoms with E-state index in [2.05, 4.69) is 10.3 Å². The van der Waals surface area contributed by atoms with Crippen LogP contribution in [0.5, 0.6) is 0 Å². The van der Waals surface area contributed by atoms with Gasteiger partial charge in [0.2, 0.25) is 0 Å². The maximum atomic E-state index is 13.7. The number of amides is 3. The summed E-state index contributed by atoms with van der Waals surface area (Å²) in [6.07, 6.45) is -6.21. The predicted octanol–water partition coefficient (Wildman–Crippen LogP) is 5.66. The van der Waals surface area contributed by atoms with Crippen LogP contribution in [0, 0.1) is 0 Å². The summed E-state index contributed by atoms with van der Waals surface area (Å²) in [5.74, 6) is 0.857. The monoisotopic (exact) mass is 686 g/mol. The van der Waals surface area contributed by atoms with Gasteiger partial charge in [0.15, 0.2) is 11.1 Å². The quantitative estimate of drug-likeness (QED) is 0.170. The molecular formula is C29H42F6N5O5S+. The lowest BCUT2D eigenvalue weighted by Crippen LogP contribution is -2.53. The predicted molar refractivity (Wildman–Crippen MR) is 161 cm³/mol. The Hall–Kier alpha value is -2.92. The van der Waals surface area contributed by atoms with E-state index in [4.69, 9.17) is 14.2 Å². The molecular weight excluding hydrogens is 644 g/mol. The highest BCUT2D eigenvalue weighted by Crippen LogP contribution is 2.36. The third-order valence-corrected chi connectivity index (χ3v) is 8.15. The zero-order valence-corrected chi connectivity index (χ0v) is 27.9. The second kappa shape index (κ2) is 13.7. The summed E-state index contributed by atoms with van der Waals surface area (Å²) in [6, 6.07) is 2.68. The molecule has 2 heterocycles. The van der Waals surface area contributed by atoms with Crippen molar-refractivity contribution in [3.8, 4) is 0 Å². The smallest absolute Gasteiger partial charge is 0.416 e. The minimum atomic E-state index is -4.72. The van der Waals surface area contributed by atoms with E-state index in [1.54, 1.807) is 43.5 Å². The fourth-order valence-electron chi connectivity index (χ4n) is 4.40. The van der Waals surface area contributed by atoms with E-state index in [-0.39, 0.29) is 30.0 Å². The van der Waals surface area contributed by atoms with Gasteiger partial charge in [-0.25, -0.2) is 14.6 Å². The van der Waals surface area contributed by atoms with E-state index >= 15 is 0 Å². The van der Waals surface area contributed by atoms with Crippen LogP contribution in [0.2, 0.25) is 0 Å². The molecule has 1 fully saturated rings. The van der Waals surface area contributed by atoms with Crippen molar-refractivity contribution in [1.82, 2.24) is 25.1 Å². The molecule has 0 aliphatic carbocycles. The summed E-state index contributed by atoms with van der Waals surface area (Å²) in [6.45, 7) is 6.40. The van der Waals surface area contributed by atoms with Gasteiger partial charge in [-0.1, -0.05) is 6.07 Å². The SMILES string of the molecule is C[S+](C)CCOCn1c(C(COC(C)(C)C(F)(F)F)NC(=O)OC(C)(C)C)nc2cc(CN3CC(C)(C(F)(F)F)NC3=O)ccc21. The maximum absolute atomic E-state index is 13.7. The minimum absolute atomic E-state index is 0.0734. The van der Waals surface area contributed by atoms with Gasteiger partial charge in [0.05, 0.1) is 43.3 Å². The number of carbonyl (C=O) groups is 2. The molecule has 260 valence electrons. The summed E-state index contributed by atoms with van der Waals surface area (Å²) in [5, 5.41) is 4.56. The molecule has 2 atom stereocenters. The molecule has 46 heavy (non-hydrogen) atoms. The Morgan fingerprint density at radius 2 is 1.78 bits per heavy atom. The molecule has 2 N–H and O–H groups in total. The van der Waals surface area contributed by atoms with E-state index in [9.17, 15) is 35.9 Å². The standard InChI is InChI=1S/C29H41F6N5O5S/c1-25(2,3)45-24(42)37-20(15-44-26(4,5)28(30,31)32)22-36-19-13-18(9-10-21(19)40(22)17-43-11-12-46(7)8)14-39-16-27(6,29(33,34)35)38-23(39)41/h9-10,13,20H,11-12,14-17H2,1-8H3,(H-,37,38,41,42)/p+1. The molecule has 2 unspecified atom stereocenters. The van der Waals surface area contributed by atoms with Gasteiger partial charge < -0.3 is 34.3 Å². The van der Waals surface area contributed by atoms with Crippen LogP contribution in [0.1, 0.15) is 59.0 Å². The molecule has 0 saturated carbocycles. The Morgan fingerprint density at radius 1 is 1.13 bits per heavy atom. The molecule has 3 amide bonds. The lowest BCUT2D eigenvalue weighted by Gasteiger charge is -2.30. The highest BCUT2D eigenvalue weighted by molar-refractivity contribution is 7.95. The molecule has 2 aromatic rings. The number of imidazole rings is 1. The molecule has 1 aromatic heterocycles. The average molecular weight is 687 g/mol. The molecule has 1 saturated heterocycles. The van der Waals surface area contributed by atoms with E-state index in [0.717, 1.165) is 31.4 Å². The van der Waals surface area contributed by atoms with Crippen molar-refractivity contribution < 1.29 is 50.1 Å². The molecule has 0 bridgehead atoms. The summed E-state index contributed by atoms with van der Waals surface area (Å²) in [4.78, 5) is 30.9. The first-order valence-electron chi connectivity index (χ1n) is 14.4. The Kier molecular flexibility index (Phi) is 11.2. The topological polar surface area (TPSA) is 107 Å². The Balaban J connectivity index is 2.02. The normalized spacial score (nSPS) is 18.8. The second-order valence-corrected chi connectivity index (χ2v) is 15.5. The van der Waals surface area contributed by atoms with Gasteiger partial charge in [-0.3, -0.25) is 0 Å². The van der Waals surface area contributed by atoms with Gasteiger partial charge in [0.25, 0.3) is 0 Å². The van der Waals surface area contributed by atoms with Crippen molar-refractivity contribution in [1.29, 1.82) is 0 Å².